The van der Waals surface area contributed by atoms with Crippen molar-refractivity contribution in [2.45, 2.75) is 32.1 Å². The molecule has 1 saturated carbocycles. The molecule has 0 spiro atoms. The molecule has 1 aliphatic rings. The third kappa shape index (κ3) is 2.12. The van der Waals surface area contributed by atoms with Gasteiger partial charge in [0.2, 0.25) is 0 Å². The lowest BCUT2D eigenvalue weighted by atomic mass is 10.0. The molecule has 0 aromatic heterocycles. The zero-order chi connectivity index (χ0) is 11.8. The van der Waals surface area contributed by atoms with Crippen molar-refractivity contribution in [3.05, 3.63) is 70.8 Å². The molecule has 1 aliphatic carbocycles. The standard InChI is InChI=1S/C17H18/c1-12-3-7-14(8-4-12)16-11-17(16)15-9-5-13(2)6-10-15/h3-10,16-17H,11H2,1-2H3/t16-,17-/m1/s1. The van der Waals surface area contributed by atoms with E-state index in [9.17, 15) is 0 Å². The fourth-order valence-electron chi connectivity index (χ4n) is 2.56. The molecular formula is C17H18. The van der Waals surface area contributed by atoms with Crippen LogP contribution in [0.5, 0.6) is 0 Å². The first-order valence-corrected chi connectivity index (χ1v) is 6.37. The van der Waals surface area contributed by atoms with Crippen molar-refractivity contribution in [3.8, 4) is 0 Å². The van der Waals surface area contributed by atoms with Crippen LogP contribution in [0.4, 0.5) is 0 Å². The molecule has 0 amide bonds. The molecule has 2 aromatic carbocycles. The monoisotopic (exact) mass is 222 g/mol. The molecule has 0 N–H and O–H groups in total. The topological polar surface area (TPSA) is 0 Å². The highest BCUT2D eigenvalue weighted by Gasteiger charge is 2.39. The van der Waals surface area contributed by atoms with E-state index in [0.717, 1.165) is 11.8 Å². The average molecular weight is 222 g/mol. The van der Waals surface area contributed by atoms with Crippen molar-refractivity contribution in [3.63, 3.8) is 0 Å². The Kier molecular flexibility index (Phi) is 2.51. The molecule has 2 aromatic rings. The number of rotatable bonds is 2. The zero-order valence-corrected chi connectivity index (χ0v) is 10.5. The Bertz CT molecular complexity index is 455. The molecule has 0 heterocycles. The van der Waals surface area contributed by atoms with E-state index in [0.29, 0.717) is 0 Å². The van der Waals surface area contributed by atoms with E-state index in [1.54, 1.807) is 0 Å². The summed E-state index contributed by atoms with van der Waals surface area (Å²) < 4.78 is 0. The van der Waals surface area contributed by atoms with Crippen LogP contribution in [0.15, 0.2) is 48.5 Å². The van der Waals surface area contributed by atoms with Gasteiger partial charge in [-0.2, -0.15) is 0 Å². The van der Waals surface area contributed by atoms with E-state index < -0.39 is 0 Å². The molecular weight excluding hydrogens is 204 g/mol. The number of benzene rings is 2. The van der Waals surface area contributed by atoms with Crippen LogP contribution in [0.3, 0.4) is 0 Å². The van der Waals surface area contributed by atoms with Crippen LogP contribution in [0.1, 0.15) is 40.5 Å². The van der Waals surface area contributed by atoms with Gasteiger partial charge in [-0.3, -0.25) is 0 Å². The molecule has 2 atom stereocenters. The van der Waals surface area contributed by atoms with Gasteiger partial charge in [0, 0.05) is 0 Å². The van der Waals surface area contributed by atoms with Crippen LogP contribution in [-0.2, 0) is 0 Å². The van der Waals surface area contributed by atoms with Gasteiger partial charge in [0.05, 0.1) is 0 Å². The minimum Gasteiger partial charge on any atom is -0.0590 e. The van der Waals surface area contributed by atoms with Crippen LogP contribution in [0.2, 0.25) is 0 Å². The second-order valence-electron chi connectivity index (χ2n) is 5.27. The van der Waals surface area contributed by atoms with E-state index in [1.165, 1.54) is 28.7 Å². The van der Waals surface area contributed by atoms with E-state index in [-0.39, 0.29) is 0 Å². The number of hydrogen-bond acceptors (Lipinski definition) is 0. The highest BCUT2D eigenvalue weighted by molar-refractivity contribution is 5.38. The van der Waals surface area contributed by atoms with Gasteiger partial charge in [0.25, 0.3) is 0 Å². The van der Waals surface area contributed by atoms with Gasteiger partial charge in [-0.25, -0.2) is 0 Å². The highest BCUT2D eigenvalue weighted by atomic mass is 14.4. The Morgan fingerprint density at radius 1 is 0.647 bits per heavy atom. The van der Waals surface area contributed by atoms with Crippen molar-refractivity contribution < 1.29 is 0 Å². The number of hydrogen-bond donors (Lipinski definition) is 0. The summed E-state index contributed by atoms with van der Waals surface area (Å²) in [4.78, 5) is 0. The van der Waals surface area contributed by atoms with Gasteiger partial charge in [0.1, 0.15) is 0 Å². The van der Waals surface area contributed by atoms with E-state index in [4.69, 9.17) is 0 Å². The molecule has 0 radical (unpaired) electrons. The Morgan fingerprint density at radius 2 is 1.00 bits per heavy atom. The van der Waals surface area contributed by atoms with Crippen LogP contribution in [-0.4, -0.2) is 0 Å². The van der Waals surface area contributed by atoms with Gasteiger partial charge in [-0.15, -0.1) is 0 Å². The molecule has 0 nitrogen and oxygen atoms in total. The minimum absolute atomic E-state index is 0.748. The van der Waals surface area contributed by atoms with Gasteiger partial charge >= 0.3 is 0 Å². The van der Waals surface area contributed by atoms with E-state index in [2.05, 4.69) is 62.4 Å². The summed E-state index contributed by atoms with van der Waals surface area (Å²) in [6.07, 6.45) is 1.31. The normalized spacial score (nSPS) is 22.5. The van der Waals surface area contributed by atoms with E-state index >= 15 is 0 Å². The molecule has 0 unspecified atom stereocenters. The van der Waals surface area contributed by atoms with E-state index in [1.807, 2.05) is 0 Å². The first kappa shape index (κ1) is 10.6. The summed E-state index contributed by atoms with van der Waals surface area (Å²) in [6, 6.07) is 18.0. The Hall–Kier alpha value is -1.56. The summed E-state index contributed by atoms with van der Waals surface area (Å²) in [7, 11) is 0. The highest BCUT2D eigenvalue weighted by Crippen LogP contribution is 2.54. The van der Waals surface area contributed by atoms with Crippen molar-refractivity contribution in [2.24, 2.45) is 0 Å². The molecule has 0 saturated heterocycles. The summed E-state index contributed by atoms with van der Waals surface area (Å²) >= 11 is 0. The van der Waals surface area contributed by atoms with Gasteiger partial charge in [-0.1, -0.05) is 59.7 Å². The third-order valence-corrected chi connectivity index (χ3v) is 3.80. The lowest BCUT2D eigenvalue weighted by Gasteiger charge is -2.02. The summed E-state index contributed by atoms with van der Waals surface area (Å²) in [5.41, 5.74) is 5.70. The quantitative estimate of drug-likeness (QED) is 0.698. The second kappa shape index (κ2) is 4.03. The lowest BCUT2D eigenvalue weighted by molar-refractivity contribution is 1.02. The maximum atomic E-state index is 2.29. The third-order valence-electron chi connectivity index (χ3n) is 3.80. The largest absolute Gasteiger partial charge is 0.0590 e. The summed E-state index contributed by atoms with van der Waals surface area (Å²) in [5, 5.41) is 0. The Balaban J connectivity index is 1.78. The molecule has 0 heteroatoms. The van der Waals surface area contributed by atoms with Crippen molar-refractivity contribution in [2.75, 3.05) is 0 Å². The summed E-state index contributed by atoms with van der Waals surface area (Å²) in [6.45, 7) is 4.29. The maximum absolute atomic E-state index is 2.29. The minimum atomic E-state index is 0.748. The molecule has 0 aliphatic heterocycles. The van der Waals surface area contributed by atoms with Crippen molar-refractivity contribution in [1.82, 2.24) is 0 Å². The van der Waals surface area contributed by atoms with Crippen molar-refractivity contribution >= 4 is 0 Å². The van der Waals surface area contributed by atoms with Crippen molar-refractivity contribution in [1.29, 1.82) is 0 Å². The first-order valence-electron chi connectivity index (χ1n) is 6.37. The number of aryl methyl sites for hydroxylation is 2. The second-order valence-corrected chi connectivity index (χ2v) is 5.27. The molecule has 17 heavy (non-hydrogen) atoms. The van der Waals surface area contributed by atoms with Gasteiger partial charge in [-0.05, 0) is 43.2 Å². The SMILES string of the molecule is Cc1ccc([C@H]2C[C@@H]2c2ccc(C)cc2)cc1. The Labute approximate surface area is 103 Å². The lowest BCUT2D eigenvalue weighted by Crippen LogP contribution is -1.85. The zero-order valence-electron chi connectivity index (χ0n) is 10.5. The summed E-state index contributed by atoms with van der Waals surface area (Å²) in [5.74, 6) is 1.50. The smallest absolute Gasteiger partial charge is 0.00868 e. The fourth-order valence-corrected chi connectivity index (χ4v) is 2.56. The predicted octanol–water partition coefficient (Wildman–Crippen LogP) is 4.57. The van der Waals surface area contributed by atoms with Crippen LogP contribution < -0.4 is 0 Å². The van der Waals surface area contributed by atoms with Gasteiger partial charge in [0.15, 0.2) is 0 Å². The molecule has 0 bridgehead atoms. The average Bonchev–Trinajstić information content (AvgIpc) is 3.11. The predicted molar refractivity (Wildman–Crippen MR) is 72.5 cm³/mol. The molecule has 3 rings (SSSR count). The first-order chi connectivity index (χ1) is 8.24. The van der Waals surface area contributed by atoms with Gasteiger partial charge < -0.3 is 0 Å². The van der Waals surface area contributed by atoms with Crippen LogP contribution >= 0.6 is 0 Å². The Morgan fingerprint density at radius 3 is 1.35 bits per heavy atom. The van der Waals surface area contributed by atoms with Crippen LogP contribution in [0, 0.1) is 13.8 Å². The van der Waals surface area contributed by atoms with Crippen LogP contribution in [0.25, 0.3) is 0 Å². The molecule has 1 fully saturated rings. The fraction of sp³-hybridized carbons (Fsp3) is 0.294. The molecule has 86 valence electrons. The maximum Gasteiger partial charge on any atom is -0.00868 e.